The molecule has 0 aliphatic rings. The van der Waals surface area contributed by atoms with E-state index in [4.69, 9.17) is 0 Å². The van der Waals surface area contributed by atoms with Gasteiger partial charge in [0, 0.05) is 0 Å². The Morgan fingerprint density at radius 3 is 1.62 bits per heavy atom. The normalized spacial score (nSPS) is 15.6. The van der Waals surface area contributed by atoms with Gasteiger partial charge >= 0.3 is 7.25 Å². The Balaban J connectivity index is 0. The second-order valence-corrected chi connectivity index (χ2v) is 5.41. The van der Waals surface area contributed by atoms with Crippen LogP contribution in [0.25, 0.3) is 0 Å². The van der Waals surface area contributed by atoms with E-state index in [2.05, 4.69) is 36.9 Å². The van der Waals surface area contributed by atoms with Crippen LogP contribution in [0.15, 0.2) is 0 Å². The first-order valence-corrected chi connectivity index (χ1v) is 6.65. The molecular formula is C10H24BF4P. The van der Waals surface area contributed by atoms with Crippen LogP contribution in [-0.2, 0) is 0 Å². The van der Waals surface area contributed by atoms with Crippen LogP contribution in [0.2, 0.25) is 0 Å². The summed E-state index contributed by atoms with van der Waals surface area (Å²) in [6.45, 7) is 9.31. The van der Waals surface area contributed by atoms with E-state index in [1.54, 1.807) is 0 Å². The maximum absolute atomic E-state index is 9.75. The van der Waals surface area contributed by atoms with Crippen molar-refractivity contribution in [2.24, 2.45) is 11.8 Å². The molecule has 0 aromatic carbocycles. The summed E-state index contributed by atoms with van der Waals surface area (Å²) in [4.78, 5) is 0. The van der Waals surface area contributed by atoms with Crippen molar-refractivity contribution in [2.75, 3.05) is 0 Å². The number of hydrogen-bond acceptors (Lipinski definition) is 0. The summed E-state index contributed by atoms with van der Waals surface area (Å²) in [6.07, 6.45) is 4.11. The standard InChI is InChI=1S/C10H23P.BF4/c1-5-7-10(11)9(6-2)8(3)4;2-1(3,4)5/h8-10H,5-7,11H2,1-4H3;/q;-1/p+1. The molecular weight excluding hydrogens is 238 g/mol. The summed E-state index contributed by atoms with van der Waals surface area (Å²) in [7, 11) is -3.80. The molecule has 0 radical (unpaired) electrons. The highest BCUT2D eigenvalue weighted by atomic mass is 31.0. The summed E-state index contributed by atoms with van der Waals surface area (Å²) >= 11 is 0. The minimum absolute atomic E-state index is 0.869. The van der Waals surface area contributed by atoms with E-state index in [1.807, 2.05) is 0 Å². The molecule has 0 aromatic heterocycles. The molecule has 16 heavy (non-hydrogen) atoms. The van der Waals surface area contributed by atoms with Gasteiger partial charge in [-0.3, -0.25) is 0 Å². The SMILES string of the molecule is CCCC([PH3+])C(CC)C(C)C.F[B-](F)(F)F. The molecule has 0 N–H and O–H groups in total. The summed E-state index contributed by atoms with van der Waals surface area (Å²) in [6, 6.07) is 0. The van der Waals surface area contributed by atoms with E-state index in [9.17, 15) is 17.3 Å². The lowest BCUT2D eigenvalue weighted by Crippen LogP contribution is -2.19. The first-order chi connectivity index (χ1) is 7.13. The molecule has 0 saturated carbocycles. The van der Waals surface area contributed by atoms with Gasteiger partial charge in [-0.25, -0.2) is 0 Å². The van der Waals surface area contributed by atoms with Crippen molar-refractivity contribution in [1.29, 1.82) is 0 Å². The highest BCUT2D eigenvalue weighted by Crippen LogP contribution is 2.27. The second kappa shape index (κ2) is 9.27. The van der Waals surface area contributed by atoms with Crippen LogP contribution in [0, 0.1) is 11.8 Å². The van der Waals surface area contributed by atoms with E-state index in [0.717, 1.165) is 17.5 Å². The molecule has 0 spiro atoms. The average molecular weight is 262 g/mol. The van der Waals surface area contributed by atoms with Gasteiger partial charge in [0.05, 0.1) is 5.66 Å². The summed E-state index contributed by atoms with van der Waals surface area (Å²) in [5.41, 5.74) is 0.949. The van der Waals surface area contributed by atoms with Gasteiger partial charge in [0.15, 0.2) is 0 Å². The van der Waals surface area contributed by atoms with Gasteiger partial charge in [-0.15, -0.1) is 0 Å². The number of rotatable bonds is 5. The summed E-state index contributed by atoms with van der Waals surface area (Å²) < 4.78 is 39.0. The predicted octanol–water partition coefficient (Wildman–Crippen LogP) is 4.74. The molecule has 0 heterocycles. The fourth-order valence-corrected chi connectivity index (χ4v) is 3.22. The highest BCUT2D eigenvalue weighted by molar-refractivity contribution is 7.17. The monoisotopic (exact) mass is 262 g/mol. The van der Waals surface area contributed by atoms with Gasteiger partial charge in [0.25, 0.3) is 0 Å². The van der Waals surface area contributed by atoms with E-state index in [-0.39, 0.29) is 0 Å². The Kier molecular flexibility index (Phi) is 10.8. The predicted molar refractivity (Wildman–Crippen MR) is 68.6 cm³/mol. The number of hydrogen-bond donors (Lipinski definition) is 0. The molecule has 0 aromatic rings. The zero-order chi connectivity index (χ0) is 13.4. The molecule has 0 saturated heterocycles. The van der Waals surface area contributed by atoms with E-state index >= 15 is 0 Å². The fraction of sp³-hybridized carbons (Fsp3) is 1.00. The smallest absolute Gasteiger partial charge is 0.418 e. The molecule has 0 fully saturated rings. The minimum atomic E-state index is -6.00. The maximum atomic E-state index is 9.75. The van der Waals surface area contributed by atoms with Gasteiger partial charge in [0.2, 0.25) is 0 Å². The zero-order valence-electron chi connectivity index (χ0n) is 10.6. The molecule has 100 valence electrons. The minimum Gasteiger partial charge on any atom is -0.418 e. The zero-order valence-corrected chi connectivity index (χ0v) is 12.1. The van der Waals surface area contributed by atoms with Gasteiger partial charge in [-0.2, -0.15) is 0 Å². The molecule has 3 unspecified atom stereocenters. The lowest BCUT2D eigenvalue weighted by Gasteiger charge is -2.22. The van der Waals surface area contributed by atoms with Crippen LogP contribution in [0.3, 0.4) is 0 Å². The van der Waals surface area contributed by atoms with E-state index in [1.165, 1.54) is 19.3 Å². The molecule has 0 amide bonds. The quantitative estimate of drug-likeness (QED) is 0.381. The van der Waals surface area contributed by atoms with Crippen molar-refractivity contribution in [1.82, 2.24) is 0 Å². The second-order valence-electron chi connectivity index (χ2n) is 4.36. The third-order valence-electron chi connectivity index (χ3n) is 2.59. The van der Waals surface area contributed by atoms with Crippen LogP contribution in [0.4, 0.5) is 17.3 Å². The van der Waals surface area contributed by atoms with Crippen LogP contribution in [-0.4, -0.2) is 12.9 Å². The molecule has 0 aliphatic carbocycles. The Morgan fingerprint density at radius 2 is 1.44 bits per heavy atom. The van der Waals surface area contributed by atoms with Crippen LogP contribution in [0.5, 0.6) is 0 Å². The van der Waals surface area contributed by atoms with E-state index < -0.39 is 7.25 Å². The molecule has 6 heteroatoms. The Labute approximate surface area is 98.9 Å². The average Bonchev–Trinajstić information content (AvgIpc) is 2.01. The topological polar surface area (TPSA) is 0 Å². The van der Waals surface area contributed by atoms with Gasteiger partial charge in [-0.1, -0.05) is 34.1 Å². The first kappa shape index (κ1) is 18.6. The Morgan fingerprint density at radius 1 is 1.06 bits per heavy atom. The van der Waals surface area contributed by atoms with Crippen molar-refractivity contribution < 1.29 is 17.3 Å². The molecule has 0 rings (SSSR count). The van der Waals surface area contributed by atoms with Crippen LogP contribution < -0.4 is 0 Å². The first-order valence-electron chi connectivity index (χ1n) is 5.83. The summed E-state index contributed by atoms with van der Waals surface area (Å²) in [5.74, 6) is 1.82. The highest BCUT2D eigenvalue weighted by Gasteiger charge is 2.21. The van der Waals surface area contributed by atoms with Gasteiger partial charge in [-0.05, 0) is 33.9 Å². The third-order valence-corrected chi connectivity index (χ3v) is 3.61. The third kappa shape index (κ3) is 14.2. The van der Waals surface area contributed by atoms with Gasteiger partial charge < -0.3 is 17.3 Å². The Bertz CT molecular complexity index is 155. The van der Waals surface area contributed by atoms with Crippen molar-refractivity contribution in [2.45, 2.75) is 52.6 Å². The van der Waals surface area contributed by atoms with Gasteiger partial charge in [0.1, 0.15) is 0 Å². The summed E-state index contributed by atoms with van der Waals surface area (Å²) in [5, 5.41) is 0. The molecule has 0 bridgehead atoms. The molecule has 0 aliphatic heterocycles. The lowest BCUT2D eigenvalue weighted by atomic mass is 9.88. The van der Waals surface area contributed by atoms with Crippen molar-refractivity contribution in [3.63, 3.8) is 0 Å². The molecule has 3 atom stereocenters. The van der Waals surface area contributed by atoms with Crippen molar-refractivity contribution in [3.8, 4) is 0 Å². The number of halogens is 4. The molecule has 0 nitrogen and oxygen atoms in total. The lowest BCUT2D eigenvalue weighted by molar-refractivity contribution is 0.349. The fourth-order valence-electron chi connectivity index (χ4n) is 1.93. The van der Waals surface area contributed by atoms with Crippen molar-refractivity contribution >= 4 is 16.5 Å². The van der Waals surface area contributed by atoms with E-state index in [0.29, 0.717) is 0 Å². The van der Waals surface area contributed by atoms with Crippen LogP contribution in [0.1, 0.15) is 47.0 Å². The van der Waals surface area contributed by atoms with Crippen LogP contribution >= 0.6 is 9.24 Å². The van der Waals surface area contributed by atoms with Crippen molar-refractivity contribution in [3.05, 3.63) is 0 Å². The largest absolute Gasteiger partial charge is 0.673 e. The maximum Gasteiger partial charge on any atom is 0.673 e. The Hall–Kier alpha value is 0.215.